The predicted octanol–water partition coefficient (Wildman–Crippen LogP) is -3.11. The van der Waals surface area contributed by atoms with Crippen LogP contribution in [0.2, 0.25) is 0 Å². The molecular formula is C68H92N18O17S2. The van der Waals surface area contributed by atoms with Crippen LogP contribution in [0.5, 0.6) is 11.5 Å². The van der Waals surface area contributed by atoms with Gasteiger partial charge in [-0.25, -0.2) is 0 Å². The number of aromatic nitrogens is 1. The zero-order valence-corrected chi connectivity index (χ0v) is 59.2. The van der Waals surface area contributed by atoms with Crippen LogP contribution in [0.15, 0.2) is 79.0 Å². The number of aromatic amines is 1. The number of primary amides is 2. The highest BCUT2D eigenvalue weighted by Crippen LogP contribution is 2.31. The van der Waals surface area contributed by atoms with E-state index in [1.165, 1.54) is 53.4 Å². The highest BCUT2D eigenvalue weighted by Gasteiger charge is 2.41. The summed E-state index contributed by atoms with van der Waals surface area (Å²) in [6.07, 6.45) is 0.0933. The van der Waals surface area contributed by atoms with Crippen molar-refractivity contribution < 1.29 is 82.4 Å². The van der Waals surface area contributed by atoms with E-state index in [0.717, 1.165) is 21.6 Å². The average Bonchev–Trinajstić information content (AvgIpc) is 1.79. The van der Waals surface area contributed by atoms with Crippen LogP contribution < -0.4 is 81.4 Å². The second-order valence-electron chi connectivity index (χ2n) is 25.7. The zero-order chi connectivity index (χ0) is 76.3. The van der Waals surface area contributed by atoms with E-state index in [0.29, 0.717) is 53.3 Å². The SMILES string of the molecule is N=C(N)NCCC[C@@H]1NC(=O)[C@H](Cc2ccc(O)cc2)NC(=O)[C@H](C2CCC2)NC(=O)[C@@H](NC(=O)[C@H](Cc2ccc(O)cc2)NC(=O)[C@@H]2CCCN2C(=O)CCN)CSSC[C@H](C(N)=O)NC(=O)[C@H](CCC(=O)O)NC(=O)[C@H](Cc2c[nH]c3ccccc23)NC(=O)[C@H](CCC(N)=O)NC(=O)CCNC1=O. The minimum absolute atomic E-state index is 0.0102. The number of fused-ring (bicyclic) bond motifs is 1. The molecule has 2 saturated heterocycles. The molecule has 3 aliphatic rings. The van der Waals surface area contributed by atoms with E-state index in [1.807, 2.05) is 0 Å². The van der Waals surface area contributed by atoms with Crippen molar-refractivity contribution in [3.8, 4) is 11.5 Å². The van der Waals surface area contributed by atoms with E-state index in [4.69, 9.17) is 28.3 Å². The number of para-hydroxylation sites is 1. The fraction of sp³-hybridized carbons (Fsp3) is 0.485. The van der Waals surface area contributed by atoms with E-state index in [2.05, 4.69) is 63.5 Å². The molecule has 35 nitrogen and oxygen atoms in total. The lowest BCUT2D eigenvalue weighted by Crippen LogP contribution is -2.62. The van der Waals surface area contributed by atoms with Gasteiger partial charge in [-0.3, -0.25) is 72.5 Å². The summed E-state index contributed by atoms with van der Waals surface area (Å²) in [6.45, 7) is -0.142. The fourth-order valence-electron chi connectivity index (χ4n) is 12.0. The number of guanidine groups is 1. The summed E-state index contributed by atoms with van der Waals surface area (Å²) < 4.78 is 0. The van der Waals surface area contributed by atoms with Crippen molar-refractivity contribution in [1.82, 2.24) is 68.4 Å². The van der Waals surface area contributed by atoms with Gasteiger partial charge in [0.1, 0.15) is 71.9 Å². The number of nitrogens with zero attached hydrogens (tertiary/aromatic N) is 1. The first-order valence-electron chi connectivity index (χ1n) is 34.4. The molecule has 13 amide bonds. The third kappa shape index (κ3) is 25.6. The van der Waals surface area contributed by atoms with Gasteiger partial charge in [-0.1, -0.05) is 70.5 Å². The predicted molar refractivity (Wildman–Crippen MR) is 385 cm³/mol. The number of H-pyrrole nitrogens is 1. The number of phenols is 2. The fourth-order valence-corrected chi connectivity index (χ4v) is 14.3. The number of aliphatic carboxylic acids is 1. The highest BCUT2D eigenvalue weighted by atomic mass is 33.1. The maximum atomic E-state index is 15.2. The van der Waals surface area contributed by atoms with Crippen molar-refractivity contribution >= 4 is 121 Å². The molecule has 24 N–H and O–H groups in total. The second-order valence-corrected chi connectivity index (χ2v) is 28.3. The van der Waals surface area contributed by atoms with Crippen molar-refractivity contribution in [2.45, 2.75) is 163 Å². The van der Waals surface area contributed by atoms with Crippen LogP contribution in [-0.2, 0) is 86.4 Å². The number of phenolic OH excluding ortho intramolecular Hbond substituents is 2. The number of carbonyl (C=O) groups excluding carboxylic acids is 13. The van der Waals surface area contributed by atoms with Crippen LogP contribution in [0.25, 0.3) is 10.9 Å². The van der Waals surface area contributed by atoms with E-state index in [9.17, 15) is 72.9 Å². The summed E-state index contributed by atoms with van der Waals surface area (Å²) in [5.41, 5.74) is 24.6. The molecule has 3 aromatic carbocycles. The number of carboxylic acids is 1. The smallest absolute Gasteiger partial charge is 0.303 e. The van der Waals surface area contributed by atoms with Gasteiger partial charge >= 0.3 is 5.97 Å². The van der Waals surface area contributed by atoms with Crippen molar-refractivity contribution in [2.75, 3.05) is 37.7 Å². The van der Waals surface area contributed by atoms with Gasteiger partial charge in [0.05, 0.1) is 0 Å². The summed E-state index contributed by atoms with van der Waals surface area (Å²) >= 11 is 0. The van der Waals surface area contributed by atoms with E-state index in [1.54, 1.807) is 30.5 Å². The molecular weight excluding hydrogens is 1400 g/mol. The lowest BCUT2D eigenvalue weighted by molar-refractivity contribution is -0.139. The van der Waals surface area contributed by atoms with Crippen LogP contribution in [0.3, 0.4) is 0 Å². The van der Waals surface area contributed by atoms with Gasteiger partial charge in [-0.15, -0.1) is 0 Å². The van der Waals surface area contributed by atoms with Gasteiger partial charge in [0.25, 0.3) is 0 Å². The van der Waals surface area contributed by atoms with Crippen LogP contribution >= 0.6 is 21.6 Å². The Bertz CT molecular complexity index is 3790. The Labute approximate surface area is 611 Å². The summed E-state index contributed by atoms with van der Waals surface area (Å²) in [4.78, 5) is 201. The Morgan fingerprint density at radius 1 is 0.638 bits per heavy atom. The van der Waals surface area contributed by atoms with Crippen molar-refractivity contribution in [1.29, 1.82) is 5.41 Å². The van der Waals surface area contributed by atoms with Gasteiger partial charge in [-0.05, 0) is 104 Å². The number of benzene rings is 3. The highest BCUT2D eigenvalue weighted by molar-refractivity contribution is 8.76. The average molecular weight is 1500 g/mol. The third-order valence-electron chi connectivity index (χ3n) is 17.9. The Morgan fingerprint density at radius 3 is 1.88 bits per heavy atom. The topological polar surface area (TPSA) is 579 Å². The molecule has 1 aliphatic carbocycles. The molecule has 105 heavy (non-hydrogen) atoms. The van der Waals surface area contributed by atoms with Crippen molar-refractivity contribution in [3.63, 3.8) is 0 Å². The first kappa shape index (κ1) is 81.6. The summed E-state index contributed by atoms with van der Waals surface area (Å²) in [5, 5.41) is 67.4. The summed E-state index contributed by atoms with van der Waals surface area (Å²) in [5.74, 6) is -15.0. The molecule has 568 valence electrons. The molecule has 1 aromatic heterocycles. The number of hydrogen-bond acceptors (Lipinski definition) is 20. The first-order chi connectivity index (χ1) is 50.2. The number of amides is 13. The lowest BCUT2D eigenvalue weighted by atomic mass is 9.79. The molecule has 0 radical (unpaired) electrons. The number of likely N-dealkylation sites (tertiary alicyclic amines) is 1. The molecule has 0 bridgehead atoms. The Kier molecular flexibility index (Phi) is 31.4. The monoisotopic (exact) mass is 1500 g/mol. The van der Waals surface area contributed by atoms with Crippen molar-refractivity contribution in [2.24, 2.45) is 28.9 Å². The van der Waals surface area contributed by atoms with Crippen molar-refractivity contribution in [3.05, 3.63) is 95.7 Å². The molecule has 7 rings (SSSR count). The van der Waals surface area contributed by atoms with Gasteiger partial charge in [0.15, 0.2) is 5.96 Å². The molecule has 1 saturated carbocycles. The number of aromatic hydroxyl groups is 2. The van der Waals surface area contributed by atoms with E-state index >= 15 is 9.59 Å². The molecule has 3 fully saturated rings. The molecule has 2 aliphatic heterocycles. The molecule has 37 heteroatoms. The number of hydrogen-bond donors (Lipinski definition) is 20. The standard InChI is InChI=1S/C68H92N18O17S2/c69-26-24-55(91)86-29-5-11-52(86)66(102)81-47(30-36-12-16-40(87)17-13-36)63(99)84-51-35-105-104-34-50(58(71)94)83-61(97)46(21-23-56(92)93)79-64(100)49(32-39-33-76-43-9-2-1-8-42(39)43)80-60(96)45(20-22-53(70)89)77-54(90)25-28-74-59(95)44(10-4-27-75-68(72)73)78-62(98)48(31-37-14-18-41(88)19-15-37)82-67(103)57(85-65(51)101)38-6-3-7-38/h1-2,8-9,12-19,33,38,44-52,57,76,87-88H,3-7,10-11,20-32,34-35,69H2,(H2,70,89)(H2,71,94)(H,74,95)(H,77,90)(H,78,98)(H,79,100)(H,80,96)(H,81,102)(H,82,103)(H,83,97)(H,84,99)(H,85,101)(H,92,93)(H4,72,73,75)/t44-,45-,46-,47-,48-,49-,50+,51-,52-,57-/m0/s1. The van der Waals surface area contributed by atoms with Gasteiger partial charge in [-0.2, -0.15) is 0 Å². The number of nitrogens with one attached hydrogen (secondary N) is 13. The van der Waals surface area contributed by atoms with E-state index in [-0.39, 0.29) is 87.7 Å². The van der Waals surface area contributed by atoms with Crippen LogP contribution in [0, 0.1) is 11.3 Å². The van der Waals surface area contributed by atoms with Crippen LogP contribution in [0.1, 0.15) is 100 Å². The lowest BCUT2D eigenvalue weighted by Gasteiger charge is -2.35. The Balaban J connectivity index is 1.27. The van der Waals surface area contributed by atoms with Gasteiger partial charge in [0.2, 0.25) is 76.8 Å². The van der Waals surface area contributed by atoms with Crippen LogP contribution in [-0.4, -0.2) is 212 Å². The maximum absolute atomic E-state index is 15.2. The quantitative estimate of drug-likeness (QED) is 0.0143. The number of rotatable bonds is 24. The van der Waals surface area contributed by atoms with Gasteiger partial charge in [0, 0.05) is 99.7 Å². The zero-order valence-electron chi connectivity index (χ0n) is 57.5. The number of nitrogens with two attached hydrogens (primary N) is 4. The number of carbonyl (C=O) groups is 14. The van der Waals surface area contributed by atoms with Crippen LogP contribution in [0.4, 0.5) is 0 Å². The van der Waals surface area contributed by atoms with Gasteiger partial charge < -0.3 is 107 Å². The largest absolute Gasteiger partial charge is 0.508 e. The summed E-state index contributed by atoms with van der Waals surface area (Å²) in [7, 11) is 1.72. The summed E-state index contributed by atoms with van der Waals surface area (Å²) in [6, 6.07) is 3.23. The molecule has 10 atom stereocenters. The molecule has 0 unspecified atom stereocenters. The maximum Gasteiger partial charge on any atom is 0.303 e. The normalized spacial score (nSPS) is 22.8. The Hall–Kier alpha value is -10.7. The molecule has 3 heterocycles. The number of carboxylic acid groups (broad SMARTS) is 1. The van der Waals surface area contributed by atoms with E-state index < -0.39 is 194 Å². The Morgan fingerprint density at radius 2 is 1.24 bits per heavy atom. The minimum Gasteiger partial charge on any atom is -0.508 e. The third-order valence-corrected chi connectivity index (χ3v) is 20.3. The molecule has 4 aromatic rings. The first-order valence-corrected chi connectivity index (χ1v) is 36.9. The molecule has 0 spiro atoms. The minimum atomic E-state index is -1.74. The second kappa shape index (κ2) is 40.4.